The van der Waals surface area contributed by atoms with Crippen molar-refractivity contribution in [3.8, 4) is 0 Å². The third kappa shape index (κ3) is 2.01. The highest BCUT2D eigenvalue weighted by molar-refractivity contribution is 6.25. The number of Topliss-reactive ketones (excluding diaryl/α,β-unsaturated/α-hetero) is 1. The van der Waals surface area contributed by atoms with Gasteiger partial charge in [-0.1, -0.05) is 48.5 Å². The van der Waals surface area contributed by atoms with Gasteiger partial charge in [-0.3, -0.25) is 14.4 Å². The standard InChI is InChI=1S/C26H18FNO3/c1-14(29)26-19-8-4-2-6-17(19)21(18-7-3-5-9-20(18)26)22-23(26)25(31)28(24(22)30)16-12-10-15(27)11-13-16/h2-13,21-23H,1H3/t21?,22-,23+,26?/m1/s1. The fourth-order valence-electron chi connectivity index (χ4n) is 6.21. The summed E-state index contributed by atoms with van der Waals surface area (Å²) < 4.78 is 13.5. The molecule has 0 saturated carbocycles. The van der Waals surface area contributed by atoms with Crippen molar-refractivity contribution in [3.05, 3.63) is 101 Å². The molecule has 0 radical (unpaired) electrons. The Kier molecular flexibility index (Phi) is 3.51. The maximum Gasteiger partial charge on any atom is 0.239 e. The lowest BCUT2D eigenvalue weighted by Crippen LogP contribution is -2.57. The first-order valence-corrected chi connectivity index (χ1v) is 10.3. The van der Waals surface area contributed by atoms with E-state index in [4.69, 9.17) is 0 Å². The minimum absolute atomic E-state index is 0.150. The molecule has 1 heterocycles. The van der Waals surface area contributed by atoms with Crippen molar-refractivity contribution in [3.63, 3.8) is 0 Å². The molecule has 3 aliphatic carbocycles. The van der Waals surface area contributed by atoms with Crippen molar-refractivity contribution in [1.82, 2.24) is 0 Å². The highest BCUT2D eigenvalue weighted by atomic mass is 19.1. The summed E-state index contributed by atoms with van der Waals surface area (Å²) in [5.74, 6) is -3.13. The Labute approximate surface area is 178 Å². The van der Waals surface area contributed by atoms with Crippen LogP contribution in [0.5, 0.6) is 0 Å². The number of benzene rings is 3. The van der Waals surface area contributed by atoms with Crippen molar-refractivity contribution >= 4 is 23.3 Å². The van der Waals surface area contributed by atoms with E-state index in [0.29, 0.717) is 5.69 Å². The van der Waals surface area contributed by atoms with Crippen LogP contribution in [0.4, 0.5) is 10.1 Å². The molecule has 0 aromatic heterocycles. The largest absolute Gasteiger partial charge is 0.299 e. The van der Waals surface area contributed by atoms with Crippen LogP contribution in [0.2, 0.25) is 0 Å². The number of hydrogen-bond acceptors (Lipinski definition) is 3. The van der Waals surface area contributed by atoms with Crippen LogP contribution in [-0.2, 0) is 19.8 Å². The van der Waals surface area contributed by atoms with Gasteiger partial charge in [0.25, 0.3) is 0 Å². The quantitative estimate of drug-likeness (QED) is 0.600. The van der Waals surface area contributed by atoms with Crippen molar-refractivity contribution in [2.45, 2.75) is 18.3 Å². The van der Waals surface area contributed by atoms with Crippen LogP contribution in [0, 0.1) is 17.7 Å². The maximum atomic E-state index is 13.8. The topological polar surface area (TPSA) is 54.5 Å². The fourth-order valence-corrected chi connectivity index (χ4v) is 6.21. The van der Waals surface area contributed by atoms with Gasteiger partial charge in [0.1, 0.15) is 11.6 Å². The molecule has 1 fully saturated rings. The number of anilines is 1. The molecule has 1 saturated heterocycles. The third-order valence-corrected chi connectivity index (χ3v) is 7.26. The molecule has 1 aliphatic heterocycles. The van der Waals surface area contributed by atoms with E-state index in [2.05, 4.69) is 0 Å². The predicted octanol–water partition coefficient (Wildman–Crippen LogP) is 3.97. The molecule has 152 valence electrons. The van der Waals surface area contributed by atoms with Crippen LogP contribution in [0.1, 0.15) is 35.1 Å². The molecule has 31 heavy (non-hydrogen) atoms. The van der Waals surface area contributed by atoms with E-state index >= 15 is 0 Å². The first-order chi connectivity index (χ1) is 15.0. The van der Waals surface area contributed by atoms with E-state index in [1.54, 1.807) is 0 Å². The van der Waals surface area contributed by atoms with Crippen LogP contribution in [0.3, 0.4) is 0 Å². The molecule has 3 aromatic carbocycles. The Hall–Kier alpha value is -3.60. The molecule has 0 spiro atoms. The number of imide groups is 1. The Morgan fingerprint density at radius 3 is 1.94 bits per heavy atom. The number of amides is 2. The first-order valence-electron chi connectivity index (χ1n) is 10.3. The minimum atomic E-state index is -1.21. The fraction of sp³-hybridized carbons (Fsp3) is 0.192. The molecule has 5 heteroatoms. The van der Waals surface area contributed by atoms with Crippen LogP contribution in [0.25, 0.3) is 0 Å². The molecule has 0 unspecified atom stereocenters. The van der Waals surface area contributed by atoms with Gasteiger partial charge in [0.15, 0.2) is 0 Å². The van der Waals surface area contributed by atoms with Gasteiger partial charge in [-0.15, -0.1) is 0 Å². The van der Waals surface area contributed by atoms with Gasteiger partial charge in [-0.2, -0.15) is 0 Å². The predicted molar refractivity (Wildman–Crippen MR) is 112 cm³/mol. The summed E-state index contributed by atoms with van der Waals surface area (Å²) in [7, 11) is 0. The summed E-state index contributed by atoms with van der Waals surface area (Å²) in [5.41, 5.74) is 2.61. The summed E-state index contributed by atoms with van der Waals surface area (Å²) in [6, 6.07) is 20.6. The minimum Gasteiger partial charge on any atom is -0.299 e. The van der Waals surface area contributed by atoms with E-state index in [1.165, 1.54) is 31.2 Å². The van der Waals surface area contributed by atoms with Crippen LogP contribution in [-0.4, -0.2) is 17.6 Å². The second-order valence-electron chi connectivity index (χ2n) is 8.51. The number of hydrogen-bond donors (Lipinski definition) is 0. The van der Waals surface area contributed by atoms with Gasteiger partial charge < -0.3 is 0 Å². The molecule has 2 bridgehead atoms. The smallest absolute Gasteiger partial charge is 0.239 e. The Morgan fingerprint density at radius 1 is 0.839 bits per heavy atom. The molecule has 2 amide bonds. The number of halogens is 1. The SMILES string of the molecule is CC(=O)C12c3ccccc3C(c3ccccc31)[C@H]1C(=O)N(c3ccc(F)cc3)C(=O)[C@H]12. The number of carbonyl (C=O) groups is 3. The van der Waals surface area contributed by atoms with E-state index < -0.39 is 29.0 Å². The molecule has 4 aliphatic rings. The van der Waals surface area contributed by atoms with E-state index in [-0.39, 0.29) is 17.6 Å². The van der Waals surface area contributed by atoms with Gasteiger partial charge >= 0.3 is 0 Å². The molecular weight excluding hydrogens is 393 g/mol. The van der Waals surface area contributed by atoms with Crippen molar-refractivity contribution in [1.29, 1.82) is 0 Å². The van der Waals surface area contributed by atoms with Crippen molar-refractivity contribution in [2.24, 2.45) is 11.8 Å². The first kappa shape index (κ1) is 18.2. The van der Waals surface area contributed by atoms with E-state index in [1.807, 2.05) is 48.5 Å². The van der Waals surface area contributed by atoms with Gasteiger partial charge in [0.2, 0.25) is 11.8 Å². The number of rotatable bonds is 2. The second-order valence-corrected chi connectivity index (χ2v) is 8.51. The number of ketones is 1. The lowest BCUT2D eigenvalue weighted by atomic mass is 9.46. The van der Waals surface area contributed by atoms with E-state index in [0.717, 1.165) is 27.2 Å². The van der Waals surface area contributed by atoms with Crippen LogP contribution in [0.15, 0.2) is 72.8 Å². The average molecular weight is 411 g/mol. The Morgan fingerprint density at radius 2 is 1.39 bits per heavy atom. The number of carbonyl (C=O) groups excluding carboxylic acids is 3. The normalized spacial score (nSPS) is 27.7. The highest BCUT2D eigenvalue weighted by Gasteiger charge is 2.69. The van der Waals surface area contributed by atoms with Gasteiger partial charge in [0, 0.05) is 5.92 Å². The second kappa shape index (κ2) is 5.97. The zero-order chi connectivity index (χ0) is 21.5. The van der Waals surface area contributed by atoms with Crippen molar-refractivity contribution < 1.29 is 18.8 Å². The average Bonchev–Trinajstić information content (AvgIpc) is 3.05. The monoisotopic (exact) mass is 411 g/mol. The summed E-state index contributed by atoms with van der Waals surface area (Å²) in [6.45, 7) is 1.51. The molecule has 3 aromatic rings. The van der Waals surface area contributed by atoms with Gasteiger partial charge in [0.05, 0.1) is 22.9 Å². The van der Waals surface area contributed by atoms with Crippen molar-refractivity contribution in [2.75, 3.05) is 4.90 Å². The summed E-state index contributed by atoms with van der Waals surface area (Å²) in [6.07, 6.45) is 0. The zero-order valence-electron chi connectivity index (χ0n) is 16.7. The Bertz CT molecular complexity index is 1250. The molecule has 4 nitrogen and oxygen atoms in total. The summed E-state index contributed by atoms with van der Waals surface area (Å²) >= 11 is 0. The lowest BCUT2D eigenvalue weighted by Gasteiger charge is -2.52. The third-order valence-electron chi connectivity index (χ3n) is 7.26. The zero-order valence-corrected chi connectivity index (χ0v) is 16.7. The Balaban J connectivity index is 1.67. The van der Waals surface area contributed by atoms with Crippen LogP contribution >= 0.6 is 0 Å². The van der Waals surface area contributed by atoms with Crippen LogP contribution < -0.4 is 4.90 Å². The van der Waals surface area contributed by atoms with Gasteiger partial charge in [-0.25, -0.2) is 9.29 Å². The molecular formula is C26H18FNO3. The lowest BCUT2D eigenvalue weighted by molar-refractivity contribution is -0.132. The summed E-state index contributed by atoms with van der Waals surface area (Å²) in [4.78, 5) is 42.1. The van der Waals surface area contributed by atoms with Gasteiger partial charge in [-0.05, 0) is 53.4 Å². The maximum absolute atomic E-state index is 13.8. The van der Waals surface area contributed by atoms with E-state index in [9.17, 15) is 18.8 Å². The number of nitrogens with zero attached hydrogens (tertiary/aromatic N) is 1. The highest BCUT2D eigenvalue weighted by Crippen LogP contribution is 2.64. The molecule has 0 N–H and O–H groups in total. The molecule has 7 rings (SSSR count). The summed E-state index contributed by atoms with van der Waals surface area (Å²) in [5, 5.41) is 0. The molecule has 2 atom stereocenters.